The first-order valence-electron chi connectivity index (χ1n) is 5.68. The number of alkyl halides is 1. The van der Waals surface area contributed by atoms with Gasteiger partial charge in [0.1, 0.15) is 12.0 Å². The molecule has 0 saturated carbocycles. The van der Waals surface area contributed by atoms with Gasteiger partial charge in [-0.1, -0.05) is 6.08 Å². The normalized spacial score (nSPS) is 27.2. The second-order valence-corrected chi connectivity index (χ2v) is 4.35. The fraction of sp³-hybridized carbons (Fsp3) is 0.583. The van der Waals surface area contributed by atoms with E-state index in [2.05, 4.69) is 5.32 Å². The monoisotopic (exact) mass is 226 g/mol. The minimum absolute atomic E-state index is 0.125. The molecule has 2 rings (SSSR count). The Kier molecular flexibility index (Phi) is 3.49. The lowest BCUT2D eigenvalue weighted by Gasteiger charge is -2.26. The summed E-state index contributed by atoms with van der Waals surface area (Å²) in [5, 5.41) is 11.2. The molecule has 1 heterocycles. The van der Waals surface area contributed by atoms with Crippen LogP contribution >= 0.6 is 0 Å². The molecule has 2 aliphatic rings. The molecule has 1 unspecified atom stereocenters. The second kappa shape index (κ2) is 4.87. The van der Waals surface area contributed by atoms with Gasteiger partial charge < -0.3 is 10.7 Å². The van der Waals surface area contributed by atoms with E-state index >= 15 is 0 Å². The molecular formula is C12H16F2N2. The average Bonchev–Trinajstić information content (AvgIpc) is 2.29. The third-order valence-electron chi connectivity index (χ3n) is 3.21. The van der Waals surface area contributed by atoms with Gasteiger partial charge in [-0.2, -0.15) is 0 Å². The highest BCUT2D eigenvalue weighted by Crippen LogP contribution is 2.27. The zero-order chi connectivity index (χ0) is 11.5. The number of hydrogen-bond acceptors (Lipinski definition) is 2. The molecule has 0 radical (unpaired) electrons. The second-order valence-electron chi connectivity index (χ2n) is 4.35. The Hall–Kier alpha value is -1.03. The fourth-order valence-corrected chi connectivity index (χ4v) is 2.24. The molecule has 2 nitrogen and oxygen atoms in total. The molecule has 1 aliphatic carbocycles. The summed E-state index contributed by atoms with van der Waals surface area (Å²) in [5.74, 6) is -0.310. The topological polar surface area (TPSA) is 35.9 Å². The van der Waals surface area contributed by atoms with Gasteiger partial charge in [0.05, 0.1) is 0 Å². The summed E-state index contributed by atoms with van der Waals surface area (Å²) >= 11 is 0. The molecular weight excluding hydrogens is 210 g/mol. The van der Waals surface area contributed by atoms with Gasteiger partial charge in [0, 0.05) is 23.6 Å². The summed E-state index contributed by atoms with van der Waals surface area (Å²) < 4.78 is 26.4. The van der Waals surface area contributed by atoms with Crippen LogP contribution in [0.25, 0.3) is 0 Å². The van der Waals surface area contributed by atoms with Crippen molar-refractivity contribution in [2.75, 3.05) is 13.1 Å². The molecule has 1 atom stereocenters. The van der Waals surface area contributed by atoms with Crippen LogP contribution < -0.4 is 5.32 Å². The Balaban J connectivity index is 2.08. The third kappa shape index (κ3) is 2.38. The molecule has 0 aromatic carbocycles. The maximum atomic E-state index is 13.6. The van der Waals surface area contributed by atoms with Crippen molar-refractivity contribution in [3.05, 3.63) is 23.6 Å². The van der Waals surface area contributed by atoms with Crippen LogP contribution in [0.2, 0.25) is 0 Å². The Bertz CT molecular complexity index is 341. The lowest BCUT2D eigenvalue weighted by molar-refractivity contribution is 0.356. The van der Waals surface area contributed by atoms with Crippen molar-refractivity contribution in [2.24, 2.45) is 5.92 Å². The van der Waals surface area contributed by atoms with Crippen molar-refractivity contribution >= 4 is 5.71 Å². The minimum Gasteiger partial charge on any atom is -0.317 e. The molecule has 1 aliphatic heterocycles. The Labute approximate surface area is 93.9 Å². The van der Waals surface area contributed by atoms with Crippen LogP contribution in [-0.4, -0.2) is 25.0 Å². The van der Waals surface area contributed by atoms with E-state index in [4.69, 9.17) is 5.41 Å². The number of allylic oxidation sites excluding steroid dienone is 4. The van der Waals surface area contributed by atoms with Crippen LogP contribution in [0.15, 0.2) is 23.6 Å². The van der Waals surface area contributed by atoms with Gasteiger partial charge >= 0.3 is 0 Å². The predicted octanol–water partition coefficient (Wildman–Crippen LogP) is 2.53. The molecule has 0 spiro atoms. The summed E-state index contributed by atoms with van der Waals surface area (Å²) in [6.45, 7) is 1.75. The van der Waals surface area contributed by atoms with Gasteiger partial charge in [-0.25, -0.2) is 8.78 Å². The van der Waals surface area contributed by atoms with Gasteiger partial charge in [-0.15, -0.1) is 0 Å². The predicted molar refractivity (Wildman–Crippen MR) is 60.1 cm³/mol. The highest BCUT2D eigenvalue weighted by atomic mass is 19.1. The number of piperidine rings is 1. The quantitative estimate of drug-likeness (QED) is 0.697. The summed E-state index contributed by atoms with van der Waals surface area (Å²) in [5.41, 5.74) is 0.728. The van der Waals surface area contributed by atoms with E-state index in [9.17, 15) is 8.78 Å². The Morgan fingerprint density at radius 3 is 2.62 bits per heavy atom. The van der Waals surface area contributed by atoms with Crippen LogP contribution in [0.4, 0.5) is 8.78 Å². The summed E-state index contributed by atoms with van der Waals surface area (Å²) in [6.07, 6.45) is 2.89. The van der Waals surface area contributed by atoms with E-state index in [1.165, 1.54) is 12.2 Å². The van der Waals surface area contributed by atoms with Crippen LogP contribution in [0.1, 0.15) is 19.3 Å². The van der Waals surface area contributed by atoms with E-state index < -0.39 is 12.0 Å². The van der Waals surface area contributed by atoms with Crippen LogP contribution in [-0.2, 0) is 0 Å². The number of rotatable bonds is 2. The molecule has 0 amide bonds. The van der Waals surface area contributed by atoms with Gasteiger partial charge in [0.15, 0.2) is 0 Å². The van der Waals surface area contributed by atoms with E-state index in [-0.39, 0.29) is 12.3 Å². The third-order valence-corrected chi connectivity index (χ3v) is 3.21. The molecule has 4 heteroatoms. The van der Waals surface area contributed by atoms with Gasteiger partial charge in [0.2, 0.25) is 0 Å². The average molecular weight is 226 g/mol. The molecule has 1 saturated heterocycles. The lowest BCUT2D eigenvalue weighted by Crippen LogP contribution is -2.33. The van der Waals surface area contributed by atoms with E-state index in [0.29, 0.717) is 11.3 Å². The van der Waals surface area contributed by atoms with Crippen molar-refractivity contribution in [3.63, 3.8) is 0 Å². The van der Waals surface area contributed by atoms with Crippen LogP contribution in [0.3, 0.4) is 0 Å². The minimum atomic E-state index is -1.34. The van der Waals surface area contributed by atoms with E-state index in [1.54, 1.807) is 0 Å². The Morgan fingerprint density at radius 2 is 2.00 bits per heavy atom. The summed E-state index contributed by atoms with van der Waals surface area (Å²) in [7, 11) is 0. The first-order chi connectivity index (χ1) is 7.68. The molecule has 88 valence electrons. The SMILES string of the molecule is N=C(C1=CC=C(F)CC1F)C1CCNCC1. The van der Waals surface area contributed by atoms with Gasteiger partial charge in [-0.05, 0) is 32.0 Å². The summed E-state index contributed by atoms with van der Waals surface area (Å²) in [6, 6.07) is 0. The van der Waals surface area contributed by atoms with Crippen LogP contribution in [0, 0.1) is 11.3 Å². The largest absolute Gasteiger partial charge is 0.317 e. The van der Waals surface area contributed by atoms with Crippen LogP contribution in [0.5, 0.6) is 0 Å². The molecule has 2 N–H and O–H groups in total. The standard InChI is InChI=1S/C12H16F2N2/c13-9-1-2-10(11(14)7-9)12(15)8-3-5-16-6-4-8/h1-2,8,11,15-16H,3-7H2. The highest BCUT2D eigenvalue weighted by molar-refractivity contribution is 6.00. The fourth-order valence-electron chi connectivity index (χ4n) is 2.24. The van der Waals surface area contributed by atoms with E-state index in [0.717, 1.165) is 25.9 Å². The lowest BCUT2D eigenvalue weighted by atomic mass is 9.85. The first-order valence-corrected chi connectivity index (χ1v) is 5.68. The van der Waals surface area contributed by atoms with Crippen molar-refractivity contribution < 1.29 is 8.78 Å². The maximum absolute atomic E-state index is 13.6. The number of hydrogen-bond donors (Lipinski definition) is 2. The van der Waals surface area contributed by atoms with Crippen molar-refractivity contribution in [1.82, 2.24) is 5.32 Å². The maximum Gasteiger partial charge on any atom is 0.133 e. The molecule has 0 bridgehead atoms. The Morgan fingerprint density at radius 1 is 1.31 bits per heavy atom. The zero-order valence-corrected chi connectivity index (χ0v) is 9.10. The van der Waals surface area contributed by atoms with E-state index in [1.807, 2.05) is 0 Å². The summed E-state index contributed by atoms with van der Waals surface area (Å²) in [4.78, 5) is 0. The number of halogens is 2. The molecule has 1 fully saturated rings. The molecule has 0 aromatic rings. The van der Waals surface area contributed by atoms with Crippen molar-refractivity contribution in [1.29, 1.82) is 5.41 Å². The first kappa shape index (κ1) is 11.5. The van der Waals surface area contributed by atoms with Crippen molar-refractivity contribution in [3.8, 4) is 0 Å². The zero-order valence-electron chi connectivity index (χ0n) is 9.10. The van der Waals surface area contributed by atoms with Gasteiger partial charge in [0.25, 0.3) is 0 Å². The van der Waals surface area contributed by atoms with Crippen molar-refractivity contribution in [2.45, 2.75) is 25.4 Å². The van der Waals surface area contributed by atoms with Gasteiger partial charge in [-0.3, -0.25) is 0 Å². The molecule has 16 heavy (non-hydrogen) atoms. The number of nitrogens with one attached hydrogen (secondary N) is 2. The highest BCUT2D eigenvalue weighted by Gasteiger charge is 2.27. The smallest absolute Gasteiger partial charge is 0.133 e. The molecule has 0 aromatic heterocycles.